The van der Waals surface area contributed by atoms with Crippen LogP contribution in [0.1, 0.15) is 66.5 Å². The molecule has 0 aliphatic carbocycles. The van der Waals surface area contributed by atoms with Crippen LogP contribution in [-0.4, -0.2) is 63.3 Å². The molecule has 3 N–H and O–H groups in total. The normalized spacial score (nSPS) is 14.9. The summed E-state index contributed by atoms with van der Waals surface area (Å²) < 4.78 is 28.0. The highest BCUT2D eigenvalue weighted by Gasteiger charge is 2.41. The zero-order valence-corrected chi connectivity index (χ0v) is 28.8. The van der Waals surface area contributed by atoms with E-state index < -0.39 is 44.9 Å². The van der Waals surface area contributed by atoms with Crippen LogP contribution in [0, 0.1) is 18.3 Å². The molecular formula is C34H50N4O5S. The highest BCUT2D eigenvalue weighted by molar-refractivity contribution is 7.90. The maximum absolute atomic E-state index is 14.1. The van der Waals surface area contributed by atoms with Gasteiger partial charge in [0.1, 0.15) is 6.04 Å². The molecule has 0 saturated heterocycles. The third kappa shape index (κ3) is 8.79. The Kier molecular flexibility index (Phi) is 12.1. The molecule has 0 unspecified atom stereocenters. The fourth-order valence-corrected chi connectivity index (χ4v) is 6.54. The highest BCUT2D eigenvalue weighted by Crippen LogP contribution is 2.29. The second-order valence-corrected chi connectivity index (χ2v) is 15.0. The van der Waals surface area contributed by atoms with Crippen molar-refractivity contribution < 1.29 is 22.8 Å². The first-order chi connectivity index (χ1) is 20.2. The Balaban J connectivity index is 2.34. The standard InChI is InChI=1S/C34H50N4O5S/c1-22(2)26(21-24(4)30(39)37-44(42,43)27-20-16-15-17-23(27)3)38(11)32(41)29(33(5,6)7)36-31(40)28(35-10)34(8,9)25-18-13-12-14-19-25/h12-22,26,28-29,35H,1-11H3,(H,36,40)(H,37,39)/b24-21+/t26-,28-,29-/m1/s1. The zero-order chi connectivity index (χ0) is 33.6. The van der Waals surface area contributed by atoms with Crippen LogP contribution in [-0.2, 0) is 29.8 Å². The Morgan fingerprint density at radius 2 is 1.43 bits per heavy atom. The van der Waals surface area contributed by atoms with Gasteiger partial charge in [-0.15, -0.1) is 0 Å². The summed E-state index contributed by atoms with van der Waals surface area (Å²) >= 11 is 0. The van der Waals surface area contributed by atoms with Crippen molar-refractivity contribution in [1.82, 2.24) is 20.3 Å². The molecule has 44 heavy (non-hydrogen) atoms. The molecule has 0 spiro atoms. The monoisotopic (exact) mass is 626 g/mol. The molecule has 3 amide bonds. The van der Waals surface area contributed by atoms with Crippen LogP contribution >= 0.6 is 0 Å². The second kappa shape index (κ2) is 14.5. The molecular weight excluding hydrogens is 576 g/mol. The smallest absolute Gasteiger partial charge is 0.264 e. The van der Waals surface area contributed by atoms with Gasteiger partial charge in [0.15, 0.2) is 0 Å². The van der Waals surface area contributed by atoms with E-state index in [1.165, 1.54) is 17.9 Å². The van der Waals surface area contributed by atoms with Gasteiger partial charge in [-0.25, -0.2) is 13.1 Å². The van der Waals surface area contributed by atoms with Gasteiger partial charge in [0.05, 0.1) is 17.0 Å². The van der Waals surface area contributed by atoms with Gasteiger partial charge in [-0.3, -0.25) is 14.4 Å². The van der Waals surface area contributed by atoms with Crippen LogP contribution in [0.2, 0.25) is 0 Å². The van der Waals surface area contributed by atoms with Crippen molar-refractivity contribution in [1.29, 1.82) is 0 Å². The first-order valence-corrected chi connectivity index (χ1v) is 16.3. The fraction of sp³-hybridized carbons (Fsp3) is 0.500. The van der Waals surface area contributed by atoms with Crippen molar-refractivity contribution in [3.8, 4) is 0 Å². The van der Waals surface area contributed by atoms with Crippen LogP contribution in [0.15, 0.2) is 71.1 Å². The third-order valence-electron chi connectivity index (χ3n) is 8.06. The van der Waals surface area contributed by atoms with Crippen LogP contribution in [0.25, 0.3) is 0 Å². The molecule has 9 nitrogen and oxygen atoms in total. The average Bonchev–Trinajstić information content (AvgIpc) is 2.93. The lowest BCUT2D eigenvalue weighted by molar-refractivity contribution is -0.140. The number of amides is 3. The van der Waals surface area contributed by atoms with Crippen molar-refractivity contribution in [3.05, 3.63) is 77.4 Å². The molecule has 0 bridgehead atoms. The summed E-state index contributed by atoms with van der Waals surface area (Å²) in [5, 5.41) is 6.16. The van der Waals surface area contributed by atoms with Crippen molar-refractivity contribution in [2.75, 3.05) is 14.1 Å². The molecule has 2 aromatic rings. The molecule has 0 aliphatic heterocycles. The van der Waals surface area contributed by atoms with Crippen molar-refractivity contribution in [2.24, 2.45) is 11.3 Å². The summed E-state index contributed by atoms with van der Waals surface area (Å²) in [5.74, 6) is -1.54. The number of aryl methyl sites for hydroxylation is 1. The molecule has 0 aromatic heterocycles. The van der Waals surface area contributed by atoms with Gasteiger partial charge in [-0.1, -0.05) is 103 Å². The average molecular weight is 627 g/mol. The maximum atomic E-state index is 14.1. The number of carbonyl (C=O) groups is 3. The Morgan fingerprint density at radius 1 is 0.886 bits per heavy atom. The first kappa shape index (κ1) is 36.7. The second-order valence-electron chi connectivity index (χ2n) is 13.4. The van der Waals surface area contributed by atoms with Gasteiger partial charge < -0.3 is 15.5 Å². The predicted molar refractivity (Wildman–Crippen MR) is 175 cm³/mol. The van der Waals surface area contributed by atoms with Gasteiger partial charge >= 0.3 is 0 Å². The number of likely N-dealkylation sites (N-methyl/N-ethyl adjacent to an activating group) is 2. The van der Waals surface area contributed by atoms with E-state index in [-0.39, 0.29) is 28.2 Å². The lowest BCUT2D eigenvalue weighted by Gasteiger charge is -2.40. The van der Waals surface area contributed by atoms with Crippen LogP contribution < -0.4 is 15.4 Å². The van der Waals surface area contributed by atoms with E-state index in [2.05, 4.69) is 15.4 Å². The van der Waals surface area contributed by atoms with E-state index in [0.29, 0.717) is 5.56 Å². The summed E-state index contributed by atoms with van der Waals surface area (Å²) in [4.78, 5) is 42.4. The minimum absolute atomic E-state index is 0.0212. The third-order valence-corrected chi connectivity index (χ3v) is 9.55. The molecule has 2 rings (SSSR count). The molecule has 242 valence electrons. The van der Waals surface area contributed by atoms with Crippen LogP contribution in [0.5, 0.6) is 0 Å². The minimum Gasteiger partial charge on any atom is -0.342 e. The zero-order valence-electron chi connectivity index (χ0n) is 28.0. The maximum Gasteiger partial charge on any atom is 0.264 e. The lowest BCUT2D eigenvalue weighted by atomic mass is 9.76. The first-order valence-electron chi connectivity index (χ1n) is 14.9. The number of nitrogens with zero attached hydrogens (tertiary/aromatic N) is 1. The summed E-state index contributed by atoms with van der Waals surface area (Å²) in [6, 6.07) is 14.1. The number of rotatable bonds is 12. The number of sulfonamides is 1. The quantitative estimate of drug-likeness (QED) is 0.302. The Hall–Kier alpha value is -3.50. The van der Waals surface area contributed by atoms with Gasteiger partial charge in [-0.05, 0) is 49.4 Å². The Labute approximate surface area is 263 Å². The Morgan fingerprint density at radius 3 is 1.93 bits per heavy atom. The molecule has 0 fully saturated rings. The number of hydrogen-bond acceptors (Lipinski definition) is 6. The van der Waals surface area contributed by atoms with E-state index >= 15 is 0 Å². The van der Waals surface area contributed by atoms with Gasteiger partial charge in [0.25, 0.3) is 15.9 Å². The van der Waals surface area contributed by atoms with Gasteiger partial charge in [0.2, 0.25) is 11.8 Å². The largest absolute Gasteiger partial charge is 0.342 e. The summed E-state index contributed by atoms with van der Waals surface area (Å²) in [7, 11) is -0.736. The van der Waals surface area contributed by atoms with E-state index in [9.17, 15) is 22.8 Å². The molecule has 0 radical (unpaired) electrons. The molecule has 2 aromatic carbocycles. The topological polar surface area (TPSA) is 125 Å². The lowest BCUT2D eigenvalue weighted by Crippen LogP contribution is -2.61. The summed E-state index contributed by atoms with van der Waals surface area (Å²) in [6.45, 7) is 16.6. The molecule has 10 heteroatoms. The summed E-state index contributed by atoms with van der Waals surface area (Å²) in [6.07, 6.45) is 1.60. The van der Waals surface area contributed by atoms with Crippen molar-refractivity contribution in [2.45, 2.75) is 90.7 Å². The SMILES string of the molecule is CN[C@H](C(=O)N[C@H](C(=O)N(C)[C@H](/C=C(\C)C(=O)NS(=O)(=O)c1ccccc1C)C(C)C)C(C)(C)C)C(C)(C)c1ccccc1. The number of hydrogen-bond donors (Lipinski definition) is 3. The number of benzene rings is 2. The molecule has 0 saturated carbocycles. The van der Waals surface area contributed by atoms with E-state index in [4.69, 9.17) is 0 Å². The highest BCUT2D eigenvalue weighted by atomic mass is 32.2. The van der Waals surface area contributed by atoms with Crippen LogP contribution in [0.3, 0.4) is 0 Å². The van der Waals surface area contributed by atoms with E-state index in [1.807, 2.05) is 78.8 Å². The van der Waals surface area contributed by atoms with E-state index in [0.717, 1.165) is 5.56 Å². The fourth-order valence-electron chi connectivity index (χ4n) is 5.28. The van der Waals surface area contributed by atoms with Gasteiger partial charge in [-0.2, -0.15) is 0 Å². The van der Waals surface area contributed by atoms with E-state index in [1.54, 1.807) is 45.3 Å². The number of nitrogens with one attached hydrogen (secondary N) is 3. The summed E-state index contributed by atoms with van der Waals surface area (Å²) in [5.41, 5.74) is 0.423. The predicted octanol–water partition coefficient (Wildman–Crippen LogP) is 4.33. The van der Waals surface area contributed by atoms with Crippen LogP contribution in [0.4, 0.5) is 0 Å². The number of carbonyl (C=O) groups excluding carboxylic acids is 3. The molecule has 0 heterocycles. The Bertz CT molecular complexity index is 1460. The molecule has 0 aliphatic rings. The molecule has 3 atom stereocenters. The van der Waals surface area contributed by atoms with Crippen molar-refractivity contribution >= 4 is 27.7 Å². The minimum atomic E-state index is -4.09. The van der Waals surface area contributed by atoms with Gasteiger partial charge in [0, 0.05) is 18.0 Å². The van der Waals surface area contributed by atoms with Crippen molar-refractivity contribution in [3.63, 3.8) is 0 Å².